The quantitative estimate of drug-likeness (QED) is 0.714. The van der Waals surface area contributed by atoms with Crippen molar-refractivity contribution in [1.29, 1.82) is 0 Å². The second-order valence-electron chi connectivity index (χ2n) is 4.53. The highest BCUT2D eigenvalue weighted by molar-refractivity contribution is 6.30. The minimum absolute atomic E-state index is 0.190. The normalized spacial score (nSPS) is 10.8. The van der Waals surface area contributed by atoms with Crippen LogP contribution in [0.2, 0.25) is 5.02 Å². The average Bonchev–Trinajstić information content (AvgIpc) is 2.77. The summed E-state index contributed by atoms with van der Waals surface area (Å²) in [5.74, 6) is 6.10. The van der Waals surface area contributed by atoms with Gasteiger partial charge < -0.3 is 11.6 Å². The number of rotatable bonds is 2. The predicted octanol–water partition coefficient (Wildman–Crippen LogP) is 3.31. The number of nitrogens with two attached hydrogens (primary N) is 2. The zero-order valence-corrected chi connectivity index (χ0v) is 11.7. The Morgan fingerprint density at radius 1 is 1.10 bits per heavy atom. The Bertz CT molecular complexity index is 799. The fraction of sp³-hybridized carbons (Fsp3) is 0. The largest absolute Gasteiger partial charge is 0.382 e. The van der Waals surface area contributed by atoms with Crippen LogP contribution in [0.25, 0.3) is 22.6 Å². The van der Waals surface area contributed by atoms with Crippen molar-refractivity contribution in [1.82, 2.24) is 9.66 Å². The molecular weight excluding hydrogens is 291 g/mol. The van der Waals surface area contributed by atoms with Gasteiger partial charge in [0, 0.05) is 16.1 Å². The van der Waals surface area contributed by atoms with E-state index in [1.165, 1.54) is 16.8 Å². The molecule has 0 fully saturated rings. The van der Waals surface area contributed by atoms with Crippen molar-refractivity contribution in [3.63, 3.8) is 0 Å². The van der Waals surface area contributed by atoms with E-state index < -0.39 is 5.82 Å². The van der Waals surface area contributed by atoms with Gasteiger partial charge in [0.25, 0.3) is 0 Å². The SMILES string of the molecule is Nc1c(-c2ccc(Cl)cc2F)nc(-c2ccccc2)n1N. The molecule has 0 atom stereocenters. The van der Waals surface area contributed by atoms with E-state index in [4.69, 9.17) is 23.2 Å². The van der Waals surface area contributed by atoms with Gasteiger partial charge in [-0.2, -0.15) is 0 Å². The molecule has 3 rings (SSSR count). The van der Waals surface area contributed by atoms with Crippen LogP contribution < -0.4 is 11.6 Å². The molecule has 0 radical (unpaired) electrons. The highest BCUT2D eigenvalue weighted by Gasteiger charge is 2.18. The monoisotopic (exact) mass is 302 g/mol. The number of benzene rings is 2. The van der Waals surface area contributed by atoms with Gasteiger partial charge in [-0.25, -0.2) is 14.1 Å². The molecule has 0 amide bonds. The van der Waals surface area contributed by atoms with Gasteiger partial charge >= 0.3 is 0 Å². The lowest BCUT2D eigenvalue weighted by Crippen LogP contribution is -2.13. The standard InChI is InChI=1S/C15H12ClFN4/c16-10-6-7-11(12(17)8-10)13-14(18)21(19)15(20-13)9-4-2-1-3-5-9/h1-8H,18-19H2. The van der Waals surface area contributed by atoms with Gasteiger partial charge in [0.2, 0.25) is 0 Å². The fourth-order valence-electron chi connectivity index (χ4n) is 2.12. The third-order valence-electron chi connectivity index (χ3n) is 3.17. The van der Waals surface area contributed by atoms with Crippen molar-refractivity contribution in [2.45, 2.75) is 0 Å². The molecule has 0 unspecified atom stereocenters. The summed E-state index contributed by atoms with van der Waals surface area (Å²) in [7, 11) is 0. The number of imidazole rings is 1. The van der Waals surface area contributed by atoms with Gasteiger partial charge in [0.1, 0.15) is 11.5 Å². The second-order valence-corrected chi connectivity index (χ2v) is 4.97. The predicted molar refractivity (Wildman–Crippen MR) is 82.6 cm³/mol. The first-order chi connectivity index (χ1) is 10.1. The van der Waals surface area contributed by atoms with Crippen molar-refractivity contribution in [2.24, 2.45) is 0 Å². The first-order valence-electron chi connectivity index (χ1n) is 6.22. The molecule has 3 aromatic rings. The van der Waals surface area contributed by atoms with Crippen molar-refractivity contribution in [3.8, 4) is 22.6 Å². The summed E-state index contributed by atoms with van der Waals surface area (Å²) in [5.41, 5.74) is 7.31. The van der Waals surface area contributed by atoms with E-state index in [2.05, 4.69) is 4.98 Å². The molecule has 0 aliphatic heterocycles. The molecule has 0 spiro atoms. The summed E-state index contributed by atoms with van der Waals surface area (Å²) in [5, 5.41) is 0.310. The molecule has 1 heterocycles. The van der Waals surface area contributed by atoms with Crippen LogP contribution in [0.1, 0.15) is 0 Å². The summed E-state index contributed by atoms with van der Waals surface area (Å²) in [6, 6.07) is 13.7. The number of hydrogen-bond acceptors (Lipinski definition) is 3. The maximum Gasteiger partial charge on any atom is 0.160 e. The van der Waals surface area contributed by atoms with Crippen molar-refractivity contribution in [2.75, 3.05) is 11.6 Å². The molecule has 0 aliphatic rings. The van der Waals surface area contributed by atoms with Gasteiger partial charge in [0.05, 0.1) is 0 Å². The number of halogens is 2. The van der Waals surface area contributed by atoms with Crippen molar-refractivity contribution < 1.29 is 4.39 Å². The van der Waals surface area contributed by atoms with E-state index in [0.29, 0.717) is 16.5 Å². The number of hydrogen-bond donors (Lipinski definition) is 2. The maximum atomic E-state index is 14.0. The Hall–Kier alpha value is -2.53. The molecule has 1 aromatic heterocycles. The van der Waals surface area contributed by atoms with Crippen LogP contribution in [0, 0.1) is 5.82 Å². The van der Waals surface area contributed by atoms with E-state index in [0.717, 1.165) is 5.56 Å². The molecule has 4 nitrogen and oxygen atoms in total. The Morgan fingerprint density at radius 2 is 1.81 bits per heavy atom. The van der Waals surface area contributed by atoms with Gasteiger partial charge in [0.15, 0.2) is 11.6 Å². The summed E-state index contributed by atoms with van der Waals surface area (Å²) in [6.07, 6.45) is 0. The molecule has 0 saturated heterocycles. The van der Waals surface area contributed by atoms with E-state index in [1.54, 1.807) is 6.07 Å². The fourth-order valence-corrected chi connectivity index (χ4v) is 2.27. The highest BCUT2D eigenvalue weighted by Crippen LogP contribution is 2.31. The first-order valence-corrected chi connectivity index (χ1v) is 6.60. The minimum Gasteiger partial charge on any atom is -0.382 e. The van der Waals surface area contributed by atoms with Gasteiger partial charge in [-0.1, -0.05) is 41.9 Å². The van der Waals surface area contributed by atoms with Gasteiger partial charge in [-0.3, -0.25) is 0 Å². The number of anilines is 1. The van der Waals surface area contributed by atoms with E-state index in [-0.39, 0.29) is 11.4 Å². The third kappa shape index (κ3) is 2.32. The Kier molecular flexibility index (Phi) is 3.27. The molecule has 21 heavy (non-hydrogen) atoms. The topological polar surface area (TPSA) is 69.9 Å². The zero-order chi connectivity index (χ0) is 15.0. The Balaban J connectivity index is 2.17. The lowest BCUT2D eigenvalue weighted by molar-refractivity contribution is 0.631. The smallest absolute Gasteiger partial charge is 0.160 e. The average molecular weight is 303 g/mol. The lowest BCUT2D eigenvalue weighted by Gasteiger charge is -2.03. The molecule has 106 valence electrons. The summed E-state index contributed by atoms with van der Waals surface area (Å²) >= 11 is 5.76. The Morgan fingerprint density at radius 3 is 2.48 bits per heavy atom. The minimum atomic E-state index is -0.494. The molecule has 0 aliphatic carbocycles. The molecule has 0 bridgehead atoms. The number of aromatic nitrogens is 2. The van der Waals surface area contributed by atoms with Crippen molar-refractivity contribution >= 4 is 17.4 Å². The number of nitrogen functional groups attached to an aromatic ring is 2. The maximum absolute atomic E-state index is 14.0. The Labute approximate surface area is 125 Å². The molecule has 6 heteroatoms. The van der Waals surface area contributed by atoms with Crippen LogP contribution >= 0.6 is 11.6 Å². The summed E-state index contributed by atoms with van der Waals surface area (Å²) in [4.78, 5) is 4.37. The molecule has 0 saturated carbocycles. The van der Waals surface area contributed by atoms with Gasteiger partial charge in [-0.05, 0) is 18.2 Å². The summed E-state index contributed by atoms with van der Waals surface area (Å²) in [6.45, 7) is 0. The second kappa shape index (κ2) is 5.10. The van der Waals surface area contributed by atoms with Gasteiger partial charge in [-0.15, -0.1) is 0 Å². The van der Waals surface area contributed by atoms with E-state index in [9.17, 15) is 4.39 Å². The molecular formula is C15H12ClFN4. The highest BCUT2D eigenvalue weighted by atomic mass is 35.5. The van der Waals surface area contributed by atoms with E-state index >= 15 is 0 Å². The first kappa shape index (κ1) is 13.5. The van der Waals surface area contributed by atoms with Crippen LogP contribution in [0.3, 0.4) is 0 Å². The van der Waals surface area contributed by atoms with Crippen LogP contribution in [-0.2, 0) is 0 Å². The molecule has 2 aromatic carbocycles. The lowest BCUT2D eigenvalue weighted by atomic mass is 10.1. The van der Waals surface area contributed by atoms with Crippen LogP contribution in [0.4, 0.5) is 10.2 Å². The summed E-state index contributed by atoms with van der Waals surface area (Å²) < 4.78 is 15.3. The number of nitrogens with zero attached hydrogens (tertiary/aromatic N) is 2. The van der Waals surface area contributed by atoms with Crippen molar-refractivity contribution in [3.05, 3.63) is 59.4 Å². The van der Waals surface area contributed by atoms with Crippen LogP contribution in [0.15, 0.2) is 48.5 Å². The van der Waals surface area contributed by atoms with Crippen LogP contribution in [-0.4, -0.2) is 9.66 Å². The van der Waals surface area contributed by atoms with E-state index in [1.807, 2.05) is 30.3 Å². The molecule has 4 N–H and O–H groups in total. The zero-order valence-electron chi connectivity index (χ0n) is 10.9. The third-order valence-corrected chi connectivity index (χ3v) is 3.40. The van der Waals surface area contributed by atoms with Crippen LogP contribution in [0.5, 0.6) is 0 Å².